The number of carbonyl (C=O) groups is 1. The van der Waals surface area contributed by atoms with Crippen molar-refractivity contribution in [2.75, 3.05) is 5.32 Å². The number of aryl methyl sites for hydroxylation is 1. The summed E-state index contributed by atoms with van der Waals surface area (Å²) in [5.74, 6) is 2.10. The van der Waals surface area contributed by atoms with Crippen molar-refractivity contribution in [1.82, 2.24) is 19.5 Å². The van der Waals surface area contributed by atoms with E-state index in [9.17, 15) is 4.79 Å². The summed E-state index contributed by atoms with van der Waals surface area (Å²) in [6.07, 6.45) is 5.89. The fourth-order valence-corrected chi connectivity index (χ4v) is 3.32. The van der Waals surface area contributed by atoms with Crippen LogP contribution in [0.3, 0.4) is 0 Å². The molecule has 7 nitrogen and oxygen atoms in total. The molecule has 7 heteroatoms. The molecular weight excluding hydrogens is 390 g/mol. The number of anilines is 1. The molecule has 156 valence electrons. The minimum absolute atomic E-state index is 0.0289. The van der Waals surface area contributed by atoms with Crippen molar-refractivity contribution in [1.29, 1.82) is 0 Å². The number of ether oxygens (including phenoxy) is 1. The third-order valence-electron chi connectivity index (χ3n) is 4.84. The maximum absolute atomic E-state index is 12.7. The normalized spacial score (nSPS) is 11.7. The number of rotatable bonds is 7. The van der Waals surface area contributed by atoms with E-state index in [1.165, 1.54) is 0 Å². The van der Waals surface area contributed by atoms with E-state index < -0.39 is 0 Å². The first kappa shape index (κ1) is 20.3. The lowest BCUT2D eigenvalue weighted by Gasteiger charge is -2.15. The maximum Gasteiger partial charge on any atom is 0.231 e. The number of nitrogens with zero attached hydrogens (tertiary/aromatic N) is 4. The number of imidazole rings is 1. The van der Waals surface area contributed by atoms with Crippen LogP contribution in [-0.2, 0) is 4.79 Å². The molecule has 0 aliphatic rings. The molecule has 31 heavy (non-hydrogen) atoms. The topological polar surface area (TPSA) is 81.9 Å². The van der Waals surface area contributed by atoms with Crippen LogP contribution in [0.5, 0.6) is 11.6 Å². The Morgan fingerprint density at radius 2 is 1.87 bits per heavy atom. The number of nitrogens with one attached hydrogen (secondary N) is 1. The molecule has 0 bridgehead atoms. The molecule has 2 aromatic heterocycles. The van der Waals surface area contributed by atoms with Crippen LogP contribution in [0.15, 0.2) is 79.4 Å². The average Bonchev–Trinajstić information content (AvgIpc) is 3.31. The minimum atomic E-state index is -0.192. The van der Waals surface area contributed by atoms with Crippen molar-refractivity contribution in [2.45, 2.75) is 26.2 Å². The summed E-state index contributed by atoms with van der Waals surface area (Å²) in [5, 5.41) is 2.99. The summed E-state index contributed by atoms with van der Waals surface area (Å²) in [5.41, 5.74) is 1.72. The second-order valence-electron chi connectivity index (χ2n) is 7.07. The van der Waals surface area contributed by atoms with Gasteiger partial charge in [-0.25, -0.2) is 9.97 Å². The van der Waals surface area contributed by atoms with E-state index in [1.54, 1.807) is 35.3 Å². The summed E-state index contributed by atoms with van der Waals surface area (Å²) >= 11 is 0. The Kier molecular flexibility index (Phi) is 6.03. The third-order valence-corrected chi connectivity index (χ3v) is 4.84. The molecule has 0 aliphatic carbocycles. The van der Waals surface area contributed by atoms with E-state index in [4.69, 9.17) is 4.74 Å². The summed E-state index contributed by atoms with van der Waals surface area (Å²) in [6, 6.07) is 18.8. The molecule has 1 atom stereocenters. The van der Waals surface area contributed by atoms with Crippen molar-refractivity contribution in [3.63, 3.8) is 0 Å². The first-order valence-electron chi connectivity index (χ1n) is 10.1. The quantitative estimate of drug-likeness (QED) is 0.466. The van der Waals surface area contributed by atoms with Crippen LogP contribution in [0.1, 0.15) is 30.7 Å². The smallest absolute Gasteiger partial charge is 0.231 e. The Morgan fingerprint density at radius 1 is 1.10 bits per heavy atom. The van der Waals surface area contributed by atoms with Gasteiger partial charge in [0.05, 0.1) is 5.92 Å². The van der Waals surface area contributed by atoms with Gasteiger partial charge in [0, 0.05) is 24.1 Å². The van der Waals surface area contributed by atoms with Crippen molar-refractivity contribution < 1.29 is 9.53 Å². The van der Waals surface area contributed by atoms with Gasteiger partial charge in [0.15, 0.2) is 0 Å². The SMILES string of the molecule is CCC(C(=O)Nc1ccc(Oc2cc(-n3ccnc3)nc(C)n2)cc1)c1ccccc1. The van der Waals surface area contributed by atoms with Crippen LogP contribution in [-0.4, -0.2) is 25.4 Å². The van der Waals surface area contributed by atoms with Gasteiger partial charge in [0.25, 0.3) is 0 Å². The second kappa shape index (κ2) is 9.21. The number of benzene rings is 2. The van der Waals surface area contributed by atoms with Gasteiger partial charge in [0.2, 0.25) is 11.8 Å². The van der Waals surface area contributed by atoms with Gasteiger partial charge in [-0.15, -0.1) is 0 Å². The summed E-state index contributed by atoms with van der Waals surface area (Å²) < 4.78 is 7.69. The molecular formula is C24H23N5O2. The average molecular weight is 413 g/mol. The predicted octanol–water partition coefficient (Wildman–Crippen LogP) is 4.90. The Bertz CT molecular complexity index is 1140. The van der Waals surface area contributed by atoms with Gasteiger partial charge >= 0.3 is 0 Å². The molecule has 4 rings (SSSR count). The predicted molar refractivity (Wildman–Crippen MR) is 119 cm³/mol. The largest absolute Gasteiger partial charge is 0.439 e. The van der Waals surface area contributed by atoms with Gasteiger partial charge in [-0.3, -0.25) is 9.36 Å². The lowest BCUT2D eigenvalue weighted by Crippen LogP contribution is -2.20. The molecule has 1 N–H and O–H groups in total. The number of amides is 1. The first-order chi connectivity index (χ1) is 15.1. The fraction of sp³-hybridized carbons (Fsp3) is 0.167. The minimum Gasteiger partial charge on any atom is -0.439 e. The van der Waals surface area contributed by atoms with E-state index in [-0.39, 0.29) is 11.8 Å². The van der Waals surface area contributed by atoms with Gasteiger partial charge in [-0.2, -0.15) is 4.98 Å². The molecule has 0 radical (unpaired) electrons. The van der Waals surface area contributed by atoms with Gasteiger partial charge in [-0.1, -0.05) is 37.3 Å². The zero-order valence-electron chi connectivity index (χ0n) is 17.4. The number of aromatic nitrogens is 4. The van der Waals surface area contributed by atoms with E-state index in [1.807, 2.05) is 62.5 Å². The fourth-order valence-electron chi connectivity index (χ4n) is 3.32. The monoisotopic (exact) mass is 413 g/mol. The molecule has 0 fully saturated rings. The summed E-state index contributed by atoms with van der Waals surface area (Å²) in [7, 11) is 0. The molecule has 2 aromatic carbocycles. The molecule has 0 spiro atoms. The zero-order valence-corrected chi connectivity index (χ0v) is 17.4. The zero-order chi connectivity index (χ0) is 21.6. The van der Waals surface area contributed by atoms with Crippen LogP contribution in [0.25, 0.3) is 5.82 Å². The number of hydrogen-bond donors (Lipinski definition) is 1. The van der Waals surface area contributed by atoms with E-state index >= 15 is 0 Å². The summed E-state index contributed by atoms with van der Waals surface area (Å²) in [4.78, 5) is 25.5. The highest BCUT2D eigenvalue weighted by atomic mass is 16.5. The molecule has 0 saturated heterocycles. The standard InChI is InChI=1S/C24H23N5O2/c1-3-21(18-7-5-4-6-8-18)24(30)28-19-9-11-20(12-10-19)31-23-15-22(26-17(2)27-23)29-14-13-25-16-29/h4-16,21H,3H2,1-2H3,(H,28,30). The molecule has 1 amide bonds. The molecule has 0 saturated carbocycles. The Morgan fingerprint density at radius 3 is 2.55 bits per heavy atom. The number of carbonyl (C=O) groups excluding carboxylic acids is 1. The Labute approximate surface area is 180 Å². The molecule has 1 unspecified atom stereocenters. The highest BCUT2D eigenvalue weighted by molar-refractivity contribution is 5.95. The lowest BCUT2D eigenvalue weighted by atomic mass is 9.95. The van der Waals surface area contributed by atoms with Crippen LogP contribution in [0.4, 0.5) is 5.69 Å². The Hall–Kier alpha value is -4.00. The van der Waals surface area contributed by atoms with Crippen LogP contribution < -0.4 is 10.1 Å². The molecule has 0 aliphatic heterocycles. The van der Waals surface area contributed by atoms with E-state index in [0.29, 0.717) is 29.0 Å². The molecule has 4 aromatic rings. The van der Waals surface area contributed by atoms with Crippen molar-refractivity contribution >= 4 is 11.6 Å². The summed E-state index contributed by atoms with van der Waals surface area (Å²) in [6.45, 7) is 3.82. The van der Waals surface area contributed by atoms with Crippen molar-refractivity contribution in [3.8, 4) is 17.4 Å². The first-order valence-corrected chi connectivity index (χ1v) is 10.1. The number of hydrogen-bond acceptors (Lipinski definition) is 5. The maximum atomic E-state index is 12.7. The van der Waals surface area contributed by atoms with Crippen molar-refractivity contribution in [2.24, 2.45) is 0 Å². The van der Waals surface area contributed by atoms with Crippen LogP contribution in [0.2, 0.25) is 0 Å². The highest BCUT2D eigenvalue weighted by Gasteiger charge is 2.18. The van der Waals surface area contributed by atoms with Crippen LogP contribution >= 0.6 is 0 Å². The molecule has 2 heterocycles. The van der Waals surface area contributed by atoms with Crippen LogP contribution in [0, 0.1) is 6.92 Å². The third kappa shape index (κ3) is 4.95. The lowest BCUT2D eigenvalue weighted by molar-refractivity contribution is -0.117. The van der Waals surface area contributed by atoms with Crippen molar-refractivity contribution in [3.05, 3.63) is 90.8 Å². The van der Waals surface area contributed by atoms with Gasteiger partial charge in [-0.05, 0) is 43.2 Å². The second-order valence-corrected chi connectivity index (χ2v) is 7.07. The highest BCUT2D eigenvalue weighted by Crippen LogP contribution is 2.25. The van der Waals surface area contributed by atoms with Gasteiger partial charge < -0.3 is 10.1 Å². The van der Waals surface area contributed by atoms with E-state index in [2.05, 4.69) is 20.3 Å². The van der Waals surface area contributed by atoms with Gasteiger partial charge in [0.1, 0.15) is 23.7 Å². The van der Waals surface area contributed by atoms with E-state index in [0.717, 1.165) is 12.0 Å². The Balaban J connectivity index is 1.45.